The summed E-state index contributed by atoms with van der Waals surface area (Å²) in [6.45, 7) is 0.239. The van der Waals surface area contributed by atoms with Crippen LogP contribution in [0.1, 0.15) is 54.8 Å². The Kier molecular flexibility index (Phi) is 8.92. The predicted octanol–water partition coefficient (Wildman–Crippen LogP) is 6.00. The van der Waals surface area contributed by atoms with E-state index in [2.05, 4.69) is 10.3 Å². The number of hydrogen-bond acceptors (Lipinski definition) is 4. The molecular weight excluding hydrogens is 512 g/mol. The van der Waals surface area contributed by atoms with Crippen LogP contribution in [-0.4, -0.2) is 48.9 Å². The smallest absolute Gasteiger partial charge is 0.247 e. The van der Waals surface area contributed by atoms with Crippen LogP contribution >= 0.6 is 0 Å². The molecule has 2 N–H and O–H groups in total. The van der Waals surface area contributed by atoms with Gasteiger partial charge in [-0.1, -0.05) is 67.8 Å². The molecule has 1 unspecified atom stereocenters. The number of ether oxygens (including phenoxy) is 1. The van der Waals surface area contributed by atoms with Gasteiger partial charge in [0.1, 0.15) is 11.8 Å². The van der Waals surface area contributed by atoms with Gasteiger partial charge >= 0.3 is 0 Å². The van der Waals surface area contributed by atoms with Crippen molar-refractivity contribution in [2.24, 2.45) is 0 Å². The Morgan fingerprint density at radius 3 is 2.37 bits per heavy atom. The standard InChI is InChI=1S/C34H40N4O3/c1-37(2)28-19-17-24(18-20-28)33(34(40)36-27-12-5-4-6-13-27)38(23-25-11-7-10-16-31(25)41-3)32(39)21-26-22-35-30-15-9-8-14-29(26)30/h7-11,14-20,22,27,33,35H,4-6,12-13,21,23H2,1-3H3,(H,36,40). The number of nitrogens with zero attached hydrogens (tertiary/aromatic N) is 2. The topological polar surface area (TPSA) is 77.7 Å². The number of methoxy groups -OCH3 is 1. The average Bonchev–Trinajstić information content (AvgIpc) is 3.40. The number of aromatic amines is 1. The number of amides is 2. The van der Waals surface area contributed by atoms with E-state index in [1.54, 1.807) is 12.0 Å². The number of aromatic nitrogens is 1. The van der Waals surface area contributed by atoms with Gasteiger partial charge in [-0.2, -0.15) is 0 Å². The number of nitrogens with one attached hydrogen (secondary N) is 2. The zero-order valence-corrected chi connectivity index (χ0v) is 24.2. The van der Waals surface area contributed by atoms with E-state index in [0.717, 1.165) is 59.0 Å². The Bertz CT molecular complexity index is 1470. The maximum atomic E-state index is 14.3. The monoisotopic (exact) mass is 552 g/mol. The van der Waals surface area contributed by atoms with E-state index in [-0.39, 0.29) is 30.8 Å². The lowest BCUT2D eigenvalue weighted by molar-refractivity contribution is -0.141. The fourth-order valence-corrected chi connectivity index (χ4v) is 5.84. The van der Waals surface area contributed by atoms with Crippen molar-refractivity contribution in [1.29, 1.82) is 0 Å². The van der Waals surface area contributed by atoms with Gasteiger partial charge in [0, 0.05) is 48.5 Å². The van der Waals surface area contributed by atoms with Gasteiger partial charge < -0.3 is 24.8 Å². The van der Waals surface area contributed by atoms with Crippen LogP contribution in [0.5, 0.6) is 5.75 Å². The minimum Gasteiger partial charge on any atom is -0.496 e. The predicted molar refractivity (Wildman–Crippen MR) is 164 cm³/mol. The molecule has 1 aliphatic rings. The van der Waals surface area contributed by atoms with Gasteiger partial charge in [0.25, 0.3) is 0 Å². The fraction of sp³-hybridized carbons (Fsp3) is 0.353. The Morgan fingerprint density at radius 1 is 0.927 bits per heavy atom. The molecule has 0 spiro atoms. The van der Waals surface area contributed by atoms with Crippen molar-refractivity contribution in [2.75, 3.05) is 26.1 Å². The van der Waals surface area contributed by atoms with E-state index in [9.17, 15) is 9.59 Å². The first kappa shape index (κ1) is 28.3. The number of hydrogen-bond donors (Lipinski definition) is 2. The largest absolute Gasteiger partial charge is 0.496 e. The quantitative estimate of drug-likeness (QED) is 0.253. The van der Waals surface area contributed by atoms with Gasteiger partial charge in [0.15, 0.2) is 0 Å². The minimum absolute atomic E-state index is 0.122. The summed E-state index contributed by atoms with van der Waals surface area (Å²) in [6.07, 6.45) is 7.41. The molecular formula is C34H40N4O3. The summed E-state index contributed by atoms with van der Waals surface area (Å²) in [6, 6.07) is 22.9. The highest BCUT2D eigenvalue weighted by molar-refractivity contribution is 5.92. The number of rotatable bonds is 10. The molecule has 214 valence electrons. The molecule has 0 aliphatic heterocycles. The molecule has 7 heteroatoms. The van der Waals surface area contributed by atoms with Crippen molar-refractivity contribution in [1.82, 2.24) is 15.2 Å². The third-order valence-electron chi connectivity index (χ3n) is 8.11. The van der Waals surface area contributed by atoms with Crippen molar-refractivity contribution >= 4 is 28.4 Å². The molecule has 1 fully saturated rings. The molecule has 4 aromatic rings. The maximum absolute atomic E-state index is 14.3. The van der Waals surface area contributed by atoms with E-state index in [0.29, 0.717) is 5.75 Å². The normalized spacial score (nSPS) is 14.4. The number of H-pyrrole nitrogens is 1. The lowest BCUT2D eigenvalue weighted by Crippen LogP contribution is -2.47. The first-order chi connectivity index (χ1) is 19.9. The first-order valence-electron chi connectivity index (χ1n) is 14.5. The molecule has 7 nitrogen and oxygen atoms in total. The number of fused-ring (bicyclic) bond motifs is 1. The highest BCUT2D eigenvalue weighted by atomic mass is 16.5. The highest BCUT2D eigenvalue weighted by Gasteiger charge is 2.34. The molecule has 3 aromatic carbocycles. The summed E-state index contributed by atoms with van der Waals surface area (Å²) in [7, 11) is 5.60. The molecule has 1 aromatic heterocycles. The molecule has 1 saturated carbocycles. The lowest BCUT2D eigenvalue weighted by Gasteiger charge is -2.34. The molecule has 0 saturated heterocycles. The summed E-state index contributed by atoms with van der Waals surface area (Å²) in [5.74, 6) is 0.421. The summed E-state index contributed by atoms with van der Waals surface area (Å²) in [5, 5.41) is 4.32. The van der Waals surface area contributed by atoms with Crippen molar-refractivity contribution in [2.45, 2.75) is 57.2 Å². The van der Waals surface area contributed by atoms with Crippen LogP contribution in [0.2, 0.25) is 0 Å². The summed E-state index contributed by atoms with van der Waals surface area (Å²) in [5.41, 5.74) is 4.55. The molecule has 1 heterocycles. The number of anilines is 1. The molecule has 0 bridgehead atoms. The Labute approximate surface area is 242 Å². The van der Waals surface area contributed by atoms with Crippen LogP contribution in [0.25, 0.3) is 10.9 Å². The van der Waals surface area contributed by atoms with E-state index < -0.39 is 6.04 Å². The SMILES string of the molecule is COc1ccccc1CN(C(=O)Cc1c[nH]c2ccccc12)C(C(=O)NC1CCCCC1)c1ccc(N(C)C)cc1. The summed E-state index contributed by atoms with van der Waals surface area (Å²) >= 11 is 0. The number of benzene rings is 3. The lowest BCUT2D eigenvalue weighted by atomic mass is 9.94. The van der Waals surface area contributed by atoms with Crippen molar-refractivity contribution in [3.05, 3.63) is 95.7 Å². The van der Waals surface area contributed by atoms with Gasteiger partial charge in [-0.15, -0.1) is 0 Å². The summed E-state index contributed by atoms with van der Waals surface area (Å²) in [4.78, 5) is 35.5. The molecule has 41 heavy (non-hydrogen) atoms. The average molecular weight is 553 g/mol. The van der Waals surface area contributed by atoms with Crippen LogP contribution in [-0.2, 0) is 22.6 Å². The Balaban J connectivity index is 1.55. The highest BCUT2D eigenvalue weighted by Crippen LogP contribution is 2.31. The van der Waals surface area contributed by atoms with Crippen LogP contribution in [0.15, 0.2) is 79.0 Å². The van der Waals surface area contributed by atoms with Crippen LogP contribution in [0, 0.1) is 0 Å². The van der Waals surface area contributed by atoms with Gasteiger partial charge in [0.05, 0.1) is 20.1 Å². The van der Waals surface area contributed by atoms with Crippen molar-refractivity contribution < 1.29 is 14.3 Å². The van der Waals surface area contributed by atoms with Crippen LogP contribution in [0.3, 0.4) is 0 Å². The zero-order chi connectivity index (χ0) is 28.8. The van der Waals surface area contributed by atoms with Crippen LogP contribution < -0.4 is 15.0 Å². The molecule has 0 radical (unpaired) electrons. The summed E-state index contributed by atoms with van der Waals surface area (Å²) < 4.78 is 5.65. The molecule has 1 aliphatic carbocycles. The van der Waals surface area contributed by atoms with Gasteiger partial charge in [-0.3, -0.25) is 9.59 Å². The van der Waals surface area contributed by atoms with E-state index in [1.165, 1.54) is 6.42 Å². The van der Waals surface area contributed by atoms with E-state index in [1.807, 2.05) is 98.0 Å². The zero-order valence-electron chi connectivity index (χ0n) is 24.2. The third-order valence-corrected chi connectivity index (χ3v) is 8.11. The number of para-hydroxylation sites is 2. The Hall–Kier alpha value is -4.26. The minimum atomic E-state index is -0.796. The Morgan fingerprint density at radius 2 is 1.63 bits per heavy atom. The second-order valence-corrected chi connectivity index (χ2v) is 11.1. The van der Waals surface area contributed by atoms with Gasteiger partial charge in [-0.05, 0) is 48.2 Å². The van der Waals surface area contributed by atoms with Crippen molar-refractivity contribution in [3.63, 3.8) is 0 Å². The third kappa shape index (κ3) is 6.56. The van der Waals surface area contributed by atoms with Crippen molar-refractivity contribution in [3.8, 4) is 5.75 Å². The maximum Gasteiger partial charge on any atom is 0.247 e. The second-order valence-electron chi connectivity index (χ2n) is 11.1. The van der Waals surface area contributed by atoms with Gasteiger partial charge in [0.2, 0.25) is 11.8 Å². The van der Waals surface area contributed by atoms with Gasteiger partial charge in [-0.25, -0.2) is 0 Å². The molecule has 5 rings (SSSR count). The van der Waals surface area contributed by atoms with E-state index in [4.69, 9.17) is 4.74 Å². The van der Waals surface area contributed by atoms with E-state index >= 15 is 0 Å². The molecule has 1 atom stereocenters. The number of carbonyl (C=O) groups is 2. The van der Waals surface area contributed by atoms with Crippen LogP contribution in [0.4, 0.5) is 5.69 Å². The second kappa shape index (κ2) is 12.9. The first-order valence-corrected chi connectivity index (χ1v) is 14.5. The molecule has 2 amide bonds. The fourth-order valence-electron chi connectivity index (χ4n) is 5.84. The number of carbonyl (C=O) groups excluding carboxylic acids is 2.